The van der Waals surface area contributed by atoms with Crippen LogP contribution in [0.25, 0.3) is 0 Å². The third-order valence-corrected chi connectivity index (χ3v) is 3.33. The normalized spacial score (nSPS) is 12.2. The lowest BCUT2D eigenvalue weighted by Gasteiger charge is -2.12. The molecule has 0 saturated carbocycles. The van der Waals surface area contributed by atoms with E-state index in [1.165, 1.54) is 0 Å². The molecule has 0 bridgehead atoms. The highest BCUT2D eigenvalue weighted by molar-refractivity contribution is 9.10. The fraction of sp³-hybridized carbons (Fsp3) is 0.364. The van der Waals surface area contributed by atoms with Crippen molar-refractivity contribution in [3.63, 3.8) is 0 Å². The van der Waals surface area contributed by atoms with Crippen LogP contribution in [0.1, 0.15) is 23.8 Å². The van der Waals surface area contributed by atoms with Gasteiger partial charge in [0, 0.05) is 10.9 Å². The Balaban J connectivity index is 2.80. The number of carbonyl (C=O) groups is 1. The molecule has 0 amide bonds. The Morgan fingerprint density at radius 2 is 2.31 bits per heavy atom. The summed E-state index contributed by atoms with van der Waals surface area (Å²) in [7, 11) is 1.58. The first-order valence-electron chi connectivity index (χ1n) is 4.74. The zero-order valence-corrected chi connectivity index (χ0v) is 11.1. The first-order valence-corrected chi connectivity index (χ1v) is 5.97. The highest BCUT2D eigenvalue weighted by Crippen LogP contribution is 2.34. The van der Waals surface area contributed by atoms with Crippen molar-refractivity contribution < 1.29 is 14.6 Å². The lowest BCUT2D eigenvalue weighted by Crippen LogP contribution is -1.99. The summed E-state index contributed by atoms with van der Waals surface area (Å²) < 4.78 is 5.95. The fourth-order valence-electron chi connectivity index (χ4n) is 1.29. The second kappa shape index (κ2) is 6.11. The molecule has 1 unspecified atom stereocenters. The predicted octanol–water partition coefficient (Wildman–Crippen LogP) is 3.60. The third kappa shape index (κ3) is 3.68. The molecular weight excluding hydrogens is 295 g/mol. The van der Waals surface area contributed by atoms with Crippen molar-refractivity contribution in [1.82, 2.24) is 0 Å². The van der Waals surface area contributed by atoms with Gasteiger partial charge in [0.1, 0.15) is 5.75 Å². The van der Waals surface area contributed by atoms with Gasteiger partial charge in [0.05, 0.1) is 12.5 Å². The van der Waals surface area contributed by atoms with Gasteiger partial charge < -0.3 is 9.84 Å². The number of ether oxygens (including phenoxy) is 1. The zero-order valence-electron chi connectivity index (χ0n) is 8.74. The molecule has 0 saturated heterocycles. The Morgan fingerprint density at radius 3 is 2.88 bits per heavy atom. The summed E-state index contributed by atoms with van der Waals surface area (Å²) in [5, 5.41) is 8.25. The van der Waals surface area contributed by atoms with Gasteiger partial charge in [0.2, 0.25) is 0 Å². The van der Waals surface area contributed by atoms with E-state index < -0.39 is 5.97 Å². The number of carboxylic acid groups (broad SMARTS) is 1. The molecular formula is C11H12BrClO3. The van der Waals surface area contributed by atoms with Gasteiger partial charge in [0.15, 0.2) is 0 Å². The van der Waals surface area contributed by atoms with Crippen LogP contribution in [0.4, 0.5) is 0 Å². The maximum Gasteiger partial charge on any atom is 0.303 e. The summed E-state index contributed by atoms with van der Waals surface area (Å²) in [5.74, 6) is -0.135. The van der Waals surface area contributed by atoms with E-state index in [0.717, 1.165) is 10.0 Å². The number of rotatable bonds is 5. The van der Waals surface area contributed by atoms with Crippen molar-refractivity contribution in [2.45, 2.75) is 18.2 Å². The molecule has 16 heavy (non-hydrogen) atoms. The molecule has 1 aromatic rings. The van der Waals surface area contributed by atoms with Crippen molar-refractivity contribution >= 4 is 33.5 Å². The molecule has 0 aromatic heterocycles. The number of carboxylic acids is 1. The highest BCUT2D eigenvalue weighted by atomic mass is 79.9. The largest absolute Gasteiger partial charge is 0.497 e. The molecule has 1 aromatic carbocycles. The van der Waals surface area contributed by atoms with Gasteiger partial charge >= 0.3 is 5.97 Å². The van der Waals surface area contributed by atoms with Crippen LogP contribution in [-0.2, 0) is 4.79 Å². The number of hydrogen-bond donors (Lipinski definition) is 1. The minimum absolute atomic E-state index is 0.0534. The molecule has 5 heteroatoms. The second-order valence-electron chi connectivity index (χ2n) is 3.29. The van der Waals surface area contributed by atoms with Gasteiger partial charge in [-0.2, -0.15) is 0 Å². The number of benzene rings is 1. The molecule has 3 nitrogen and oxygen atoms in total. The predicted molar refractivity (Wildman–Crippen MR) is 66.2 cm³/mol. The average Bonchev–Trinajstić information content (AvgIpc) is 2.26. The van der Waals surface area contributed by atoms with Crippen LogP contribution < -0.4 is 4.74 Å². The average molecular weight is 308 g/mol. The molecule has 0 radical (unpaired) electrons. The Morgan fingerprint density at radius 1 is 1.62 bits per heavy atom. The van der Waals surface area contributed by atoms with E-state index in [1.54, 1.807) is 7.11 Å². The molecule has 0 spiro atoms. The van der Waals surface area contributed by atoms with Gasteiger partial charge in [-0.25, -0.2) is 0 Å². The van der Waals surface area contributed by atoms with Crippen molar-refractivity contribution in [2.75, 3.05) is 7.11 Å². The number of methoxy groups -OCH3 is 1. The summed E-state index contributed by atoms with van der Waals surface area (Å²) in [4.78, 5) is 10.4. The van der Waals surface area contributed by atoms with Crippen LogP contribution >= 0.6 is 27.5 Å². The van der Waals surface area contributed by atoms with Crippen molar-refractivity contribution in [3.05, 3.63) is 28.2 Å². The minimum Gasteiger partial charge on any atom is -0.497 e. The van der Waals surface area contributed by atoms with Gasteiger partial charge in [-0.3, -0.25) is 4.79 Å². The molecule has 0 heterocycles. The van der Waals surface area contributed by atoms with Crippen molar-refractivity contribution in [1.29, 1.82) is 0 Å². The summed E-state index contributed by atoms with van der Waals surface area (Å²) in [6, 6.07) is 5.46. The maximum atomic E-state index is 10.4. The van der Waals surface area contributed by atoms with Crippen LogP contribution in [0.15, 0.2) is 22.7 Å². The van der Waals surface area contributed by atoms with E-state index in [9.17, 15) is 4.79 Å². The smallest absolute Gasteiger partial charge is 0.303 e. The van der Waals surface area contributed by atoms with Crippen LogP contribution in [0, 0.1) is 0 Å². The Kier molecular flexibility index (Phi) is 5.09. The first kappa shape index (κ1) is 13.3. The highest BCUT2D eigenvalue weighted by Gasteiger charge is 2.14. The van der Waals surface area contributed by atoms with E-state index in [0.29, 0.717) is 12.2 Å². The topological polar surface area (TPSA) is 46.5 Å². The van der Waals surface area contributed by atoms with Gasteiger partial charge in [-0.15, -0.1) is 11.6 Å². The number of hydrogen-bond acceptors (Lipinski definition) is 2. The number of alkyl halides is 1. The molecule has 0 aliphatic heterocycles. The lowest BCUT2D eigenvalue weighted by atomic mass is 10.1. The summed E-state index contributed by atoms with van der Waals surface area (Å²) in [6.07, 6.45) is 0.445. The molecule has 1 atom stereocenters. The second-order valence-corrected chi connectivity index (χ2v) is 4.67. The molecule has 0 aliphatic rings. The van der Waals surface area contributed by atoms with Gasteiger partial charge in [0.25, 0.3) is 0 Å². The van der Waals surface area contributed by atoms with E-state index in [4.69, 9.17) is 21.4 Å². The molecule has 1 rings (SSSR count). The number of halogens is 2. The quantitative estimate of drug-likeness (QED) is 0.845. The summed E-state index contributed by atoms with van der Waals surface area (Å²) in [5.41, 5.74) is 0.849. The molecule has 88 valence electrons. The minimum atomic E-state index is -0.843. The number of aliphatic carboxylic acids is 1. The third-order valence-electron chi connectivity index (χ3n) is 2.15. The maximum absolute atomic E-state index is 10.4. The van der Waals surface area contributed by atoms with Crippen molar-refractivity contribution in [2.24, 2.45) is 0 Å². The van der Waals surface area contributed by atoms with Crippen LogP contribution in [0.3, 0.4) is 0 Å². The van der Waals surface area contributed by atoms with Crippen molar-refractivity contribution in [3.8, 4) is 5.75 Å². The van der Waals surface area contributed by atoms with E-state index in [2.05, 4.69) is 15.9 Å². The fourth-order valence-corrected chi connectivity index (χ4v) is 2.24. The van der Waals surface area contributed by atoms with Gasteiger partial charge in [-0.1, -0.05) is 15.9 Å². The van der Waals surface area contributed by atoms with Gasteiger partial charge in [-0.05, 0) is 30.2 Å². The Labute approximate surface area is 107 Å². The Bertz CT molecular complexity index is 381. The van der Waals surface area contributed by atoms with E-state index >= 15 is 0 Å². The van der Waals surface area contributed by atoms with E-state index in [-0.39, 0.29) is 11.8 Å². The standard InChI is InChI=1S/C11H12BrClO3/c1-16-7-2-3-9(12)8(6-7)10(13)4-5-11(14)15/h2-3,6,10H,4-5H2,1H3,(H,14,15). The van der Waals surface area contributed by atoms with E-state index in [1.807, 2.05) is 18.2 Å². The first-order chi connectivity index (χ1) is 7.54. The molecule has 0 fully saturated rings. The summed E-state index contributed by atoms with van der Waals surface area (Å²) in [6.45, 7) is 0. The lowest BCUT2D eigenvalue weighted by molar-refractivity contribution is -0.137. The van der Waals surface area contributed by atoms with Crippen LogP contribution in [0.2, 0.25) is 0 Å². The Hall–Kier alpha value is -0.740. The van der Waals surface area contributed by atoms with Crippen LogP contribution in [-0.4, -0.2) is 18.2 Å². The zero-order chi connectivity index (χ0) is 12.1. The monoisotopic (exact) mass is 306 g/mol. The molecule has 1 N–H and O–H groups in total. The van der Waals surface area contributed by atoms with Crippen LogP contribution in [0.5, 0.6) is 5.75 Å². The SMILES string of the molecule is COc1ccc(Br)c(C(Cl)CCC(=O)O)c1. The summed E-state index contributed by atoms with van der Waals surface area (Å²) >= 11 is 9.52. The molecule has 0 aliphatic carbocycles.